The number of nitriles is 1. The van der Waals surface area contributed by atoms with Crippen molar-refractivity contribution in [3.63, 3.8) is 0 Å². The van der Waals surface area contributed by atoms with Crippen molar-refractivity contribution in [3.05, 3.63) is 101 Å². The Labute approximate surface area is 190 Å². The van der Waals surface area contributed by atoms with Gasteiger partial charge in [0.2, 0.25) is 5.88 Å². The number of ether oxygens (including phenoxy) is 3. The van der Waals surface area contributed by atoms with Crippen molar-refractivity contribution in [3.8, 4) is 23.3 Å². The van der Waals surface area contributed by atoms with Gasteiger partial charge in [-0.2, -0.15) is 5.26 Å². The van der Waals surface area contributed by atoms with Gasteiger partial charge in [0.15, 0.2) is 0 Å². The van der Waals surface area contributed by atoms with Crippen LogP contribution in [-0.4, -0.2) is 12.6 Å². The summed E-state index contributed by atoms with van der Waals surface area (Å²) >= 11 is 0. The third-order valence-corrected chi connectivity index (χ3v) is 5.17. The van der Waals surface area contributed by atoms with Crippen molar-refractivity contribution < 1.29 is 23.4 Å². The average molecular weight is 444 g/mol. The van der Waals surface area contributed by atoms with Crippen molar-refractivity contribution in [2.24, 2.45) is 5.73 Å². The van der Waals surface area contributed by atoms with Gasteiger partial charge in [-0.3, -0.25) is 0 Å². The molecule has 0 bridgehead atoms. The molecule has 1 atom stereocenters. The van der Waals surface area contributed by atoms with Crippen molar-refractivity contribution in [1.29, 1.82) is 5.26 Å². The van der Waals surface area contributed by atoms with Gasteiger partial charge in [-0.15, -0.1) is 0 Å². The second-order valence-corrected chi connectivity index (χ2v) is 7.44. The highest BCUT2D eigenvalue weighted by Crippen LogP contribution is 2.43. The SMILES string of the molecule is CCCOc1ccc(C2C(C#N)=C(N)Oc3cc(OC(=O)c4ccc(F)cc4)ccc32)cc1. The molecule has 7 heteroatoms. The maximum absolute atomic E-state index is 13.1. The van der Waals surface area contributed by atoms with Crippen molar-refractivity contribution in [2.45, 2.75) is 19.3 Å². The second-order valence-electron chi connectivity index (χ2n) is 7.44. The third kappa shape index (κ3) is 4.65. The number of hydrogen-bond acceptors (Lipinski definition) is 6. The zero-order valence-electron chi connectivity index (χ0n) is 17.9. The Morgan fingerprint density at radius 2 is 1.79 bits per heavy atom. The fourth-order valence-electron chi connectivity index (χ4n) is 3.57. The van der Waals surface area contributed by atoms with Crippen LogP contribution in [0.3, 0.4) is 0 Å². The number of benzene rings is 3. The smallest absolute Gasteiger partial charge is 0.343 e. The summed E-state index contributed by atoms with van der Waals surface area (Å²) in [5, 5.41) is 9.72. The van der Waals surface area contributed by atoms with Gasteiger partial charge in [0.1, 0.15) is 34.7 Å². The topological polar surface area (TPSA) is 94.6 Å². The summed E-state index contributed by atoms with van der Waals surface area (Å²) in [6, 6.07) is 19.6. The molecular weight excluding hydrogens is 423 g/mol. The standard InChI is InChI=1S/C26H21FN2O4/c1-2-13-31-19-9-5-16(6-10-19)24-21-12-11-20(14-23(21)33-25(29)22(24)15-28)32-26(30)17-3-7-18(27)8-4-17/h3-12,14,24H,2,13,29H2,1H3. The second kappa shape index (κ2) is 9.45. The molecule has 3 aromatic carbocycles. The first-order valence-electron chi connectivity index (χ1n) is 10.4. The number of carbonyl (C=O) groups excluding carboxylic acids is 1. The van der Waals surface area contributed by atoms with E-state index in [9.17, 15) is 14.4 Å². The number of nitrogens with two attached hydrogens (primary N) is 1. The molecule has 0 amide bonds. The quantitative estimate of drug-likeness (QED) is 0.422. The van der Waals surface area contributed by atoms with E-state index in [2.05, 4.69) is 6.07 Å². The summed E-state index contributed by atoms with van der Waals surface area (Å²) in [5.74, 6) is -0.174. The van der Waals surface area contributed by atoms with Crippen LogP contribution >= 0.6 is 0 Å². The van der Waals surface area contributed by atoms with Crippen LogP contribution in [0.2, 0.25) is 0 Å². The van der Waals surface area contributed by atoms with E-state index in [1.807, 2.05) is 31.2 Å². The zero-order valence-corrected chi connectivity index (χ0v) is 17.9. The fourth-order valence-corrected chi connectivity index (χ4v) is 3.57. The van der Waals surface area contributed by atoms with Crippen LogP contribution in [0.15, 0.2) is 78.2 Å². The number of halogens is 1. The summed E-state index contributed by atoms with van der Waals surface area (Å²) in [7, 11) is 0. The molecule has 0 spiro atoms. The fraction of sp³-hybridized carbons (Fsp3) is 0.154. The molecule has 2 N–H and O–H groups in total. The van der Waals surface area contributed by atoms with Crippen LogP contribution < -0.4 is 19.9 Å². The number of hydrogen-bond donors (Lipinski definition) is 1. The largest absolute Gasteiger partial charge is 0.494 e. The molecule has 6 nitrogen and oxygen atoms in total. The minimum absolute atomic E-state index is 0.0108. The maximum atomic E-state index is 13.1. The summed E-state index contributed by atoms with van der Waals surface area (Å²) < 4.78 is 29.8. The Hall–Kier alpha value is -4.31. The predicted molar refractivity (Wildman–Crippen MR) is 119 cm³/mol. The van der Waals surface area contributed by atoms with E-state index in [-0.39, 0.29) is 17.2 Å². The highest BCUT2D eigenvalue weighted by atomic mass is 19.1. The molecule has 0 fully saturated rings. The van der Waals surface area contributed by atoms with E-state index < -0.39 is 17.7 Å². The van der Waals surface area contributed by atoms with Crippen LogP contribution in [0.4, 0.5) is 4.39 Å². The normalized spacial score (nSPS) is 14.6. The predicted octanol–water partition coefficient (Wildman–Crippen LogP) is 5.05. The Kier molecular flexibility index (Phi) is 6.27. The van der Waals surface area contributed by atoms with Crippen LogP contribution in [0.5, 0.6) is 17.2 Å². The van der Waals surface area contributed by atoms with Crippen LogP contribution in [-0.2, 0) is 0 Å². The first kappa shape index (κ1) is 21.9. The average Bonchev–Trinajstić information content (AvgIpc) is 2.82. The van der Waals surface area contributed by atoms with Crippen molar-refractivity contribution in [1.82, 2.24) is 0 Å². The molecule has 0 saturated carbocycles. The maximum Gasteiger partial charge on any atom is 0.343 e. The Morgan fingerprint density at radius 3 is 2.45 bits per heavy atom. The lowest BCUT2D eigenvalue weighted by atomic mass is 9.83. The van der Waals surface area contributed by atoms with E-state index >= 15 is 0 Å². The number of esters is 1. The molecule has 0 radical (unpaired) electrons. The van der Waals surface area contributed by atoms with Gasteiger partial charge in [-0.25, -0.2) is 9.18 Å². The lowest BCUT2D eigenvalue weighted by Crippen LogP contribution is -2.21. The molecule has 4 rings (SSSR count). The lowest BCUT2D eigenvalue weighted by molar-refractivity contribution is 0.0734. The third-order valence-electron chi connectivity index (χ3n) is 5.17. The number of allylic oxidation sites excluding steroid dienone is 1. The molecule has 3 aromatic rings. The molecule has 1 aliphatic rings. The van der Waals surface area contributed by atoms with Gasteiger partial charge >= 0.3 is 5.97 Å². The first-order chi connectivity index (χ1) is 16.0. The molecular formula is C26H21FN2O4. The van der Waals surface area contributed by atoms with Crippen LogP contribution in [0.1, 0.15) is 40.7 Å². The summed E-state index contributed by atoms with van der Waals surface area (Å²) in [4.78, 5) is 12.4. The first-order valence-corrected chi connectivity index (χ1v) is 10.4. The van der Waals surface area contributed by atoms with Gasteiger partial charge in [0.05, 0.1) is 18.1 Å². The minimum Gasteiger partial charge on any atom is -0.494 e. The number of nitrogens with zero attached hydrogens (tertiary/aromatic N) is 1. The molecule has 1 unspecified atom stereocenters. The number of rotatable bonds is 6. The van der Waals surface area contributed by atoms with E-state index in [1.165, 1.54) is 24.3 Å². The van der Waals surface area contributed by atoms with Gasteiger partial charge in [-0.1, -0.05) is 25.1 Å². The summed E-state index contributed by atoms with van der Waals surface area (Å²) in [5.41, 5.74) is 8.11. The van der Waals surface area contributed by atoms with Gasteiger partial charge < -0.3 is 19.9 Å². The zero-order chi connectivity index (χ0) is 23.4. The van der Waals surface area contributed by atoms with Crippen molar-refractivity contribution in [2.75, 3.05) is 6.61 Å². The van der Waals surface area contributed by atoms with E-state index in [4.69, 9.17) is 19.9 Å². The number of carbonyl (C=O) groups is 1. The van der Waals surface area contributed by atoms with E-state index in [0.29, 0.717) is 23.5 Å². The molecule has 0 aliphatic carbocycles. The van der Waals surface area contributed by atoms with Crippen molar-refractivity contribution >= 4 is 5.97 Å². The highest BCUT2D eigenvalue weighted by molar-refractivity contribution is 5.91. The van der Waals surface area contributed by atoms with Gasteiger partial charge in [0, 0.05) is 11.6 Å². The molecule has 1 aliphatic heterocycles. The van der Waals surface area contributed by atoms with E-state index in [1.54, 1.807) is 18.2 Å². The van der Waals surface area contributed by atoms with Crippen LogP contribution in [0, 0.1) is 17.1 Å². The molecule has 0 aromatic heterocycles. The Bertz CT molecular complexity index is 1240. The van der Waals surface area contributed by atoms with E-state index in [0.717, 1.165) is 17.7 Å². The minimum atomic E-state index is -0.633. The molecule has 0 saturated heterocycles. The Balaban J connectivity index is 1.63. The molecule has 33 heavy (non-hydrogen) atoms. The number of fused-ring (bicyclic) bond motifs is 1. The highest BCUT2D eigenvalue weighted by Gasteiger charge is 2.31. The summed E-state index contributed by atoms with van der Waals surface area (Å²) in [6.45, 7) is 2.65. The summed E-state index contributed by atoms with van der Waals surface area (Å²) in [6.07, 6.45) is 0.904. The molecule has 166 valence electrons. The monoisotopic (exact) mass is 444 g/mol. The Morgan fingerprint density at radius 1 is 1.09 bits per heavy atom. The van der Waals surface area contributed by atoms with Gasteiger partial charge in [-0.05, 0) is 54.4 Å². The molecule has 1 heterocycles. The lowest BCUT2D eigenvalue weighted by Gasteiger charge is -2.26. The van der Waals surface area contributed by atoms with Gasteiger partial charge in [0.25, 0.3) is 0 Å². The van der Waals surface area contributed by atoms with Crippen LogP contribution in [0.25, 0.3) is 0 Å².